The third-order valence-corrected chi connectivity index (χ3v) is 5.97. The van der Waals surface area contributed by atoms with Gasteiger partial charge in [0.2, 0.25) is 0 Å². The van der Waals surface area contributed by atoms with Gasteiger partial charge in [-0.3, -0.25) is 0 Å². The molecule has 0 heterocycles. The Kier molecular flexibility index (Phi) is 4.72. The molecule has 1 aliphatic rings. The molecule has 0 saturated heterocycles. The van der Waals surface area contributed by atoms with Crippen LogP contribution in [0.15, 0.2) is 0 Å². The number of rotatable bonds is 3. The monoisotopic (exact) mass is 238 g/mol. The Balaban J connectivity index is 2.63. The standard InChI is InChI=1S/C17H34/c1-8-17(7,13(2)3)15-11-9-14(10-12-15)16(4,5)6/h13-15H,8-12H2,1-7H3. The summed E-state index contributed by atoms with van der Waals surface area (Å²) in [6, 6.07) is 0. The summed E-state index contributed by atoms with van der Waals surface area (Å²) in [7, 11) is 0. The molecule has 1 atom stereocenters. The van der Waals surface area contributed by atoms with Crippen LogP contribution in [-0.2, 0) is 0 Å². The minimum atomic E-state index is 0.519. The lowest BCUT2D eigenvalue weighted by molar-refractivity contribution is 0.0407. The minimum absolute atomic E-state index is 0.519. The third-order valence-electron chi connectivity index (χ3n) is 5.97. The van der Waals surface area contributed by atoms with E-state index in [0.717, 1.165) is 17.8 Å². The van der Waals surface area contributed by atoms with Crippen LogP contribution in [0, 0.1) is 28.6 Å². The van der Waals surface area contributed by atoms with Crippen LogP contribution in [0.5, 0.6) is 0 Å². The molecule has 0 amide bonds. The van der Waals surface area contributed by atoms with Crippen LogP contribution in [0.25, 0.3) is 0 Å². The fraction of sp³-hybridized carbons (Fsp3) is 1.00. The minimum Gasteiger partial charge on any atom is -0.0648 e. The molecule has 0 aliphatic heterocycles. The lowest BCUT2D eigenvalue weighted by atomic mass is 9.59. The molecule has 1 unspecified atom stereocenters. The molecule has 102 valence electrons. The van der Waals surface area contributed by atoms with E-state index in [2.05, 4.69) is 48.5 Å². The molecule has 1 saturated carbocycles. The van der Waals surface area contributed by atoms with Gasteiger partial charge in [0.1, 0.15) is 0 Å². The zero-order valence-corrected chi connectivity index (χ0v) is 13.3. The van der Waals surface area contributed by atoms with Gasteiger partial charge in [0.25, 0.3) is 0 Å². The predicted molar refractivity (Wildman–Crippen MR) is 78.1 cm³/mol. The van der Waals surface area contributed by atoms with E-state index in [1.807, 2.05) is 0 Å². The lowest BCUT2D eigenvalue weighted by Gasteiger charge is -2.46. The summed E-state index contributed by atoms with van der Waals surface area (Å²) in [6.07, 6.45) is 7.18. The van der Waals surface area contributed by atoms with Crippen LogP contribution in [0.4, 0.5) is 0 Å². The topological polar surface area (TPSA) is 0 Å². The van der Waals surface area contributed by atoms with Crippen molar-refractivity contribution >= 4 is 0 Å². The molecule has 17 heavy (non-hydrogen) atoms. The van der Waals surface area contributed by atoms with Crippen molar-refractivity contribution in [2.75, 3.05) is 0 Å². The van der Waals surface area contributed by atoms with Crippen molar-refractivity contribution in [1.29, 1.82) is 0 Å². The lowest BCUT2D eigenvalue weighted by Crippen LogP contribution is -2.36. The van der Waals surface area contributed by atoms with Crippen LogP contribution in [-0.4, -0.2) is 0 Å². The smallest absolute Gasteiger partial charge is 0.0277 e. The van der Waals surface area contributed by atoms with Gasteiger partial charge in [-0.05, 0) is 54.3 Å². The molecule has 1 aliphatic carbocycles. The Morgan fingerprint density at radius 1 is 0.882 bits per heavy atom. The van der Waals surface area contributed by atoms with Crippen molar-refractivity contribution in [3.8, 4) is 0 Å². The SMILES string of the molecule is CCC(C)(C(C)C)C1CCC(C(C)(C)C)CC1. The highest BCUT2D eigenvalue weighted by Crippen LogP contribution is 2.49. The number of hydrogen-bond donors (Lipinski definition) is 0. The first kappa shape index (κ1) is 15.1. The maximum absolute atomic E-state index is 2.53. The van der Waals surface area contributed by atoms with Crippen LogP contribution in [0.3, 0.4) is 0 Å². The summed E-state index contributed by atoms with van der Waals surface area (Å²) in [6.45, 7) is 17.0. The molecule has 1 rings (SSSR count). The van der Waals surface area contributed by atoms with E-state index in [1.54, 1.807) is 0 Å². The molecular formula is C17H34. The van der Waals surface area contributed by atoms with E-state index in [1.165, 1.54) is 32.1 Å². The number of hydrogen-bond acceptors (Lipinski definition) is 0. The second-order valence-corrected chi connectivity index (χ2v) is 7.93. The molecule has 0 heteroatoms. The molecule has 0 spiro atoms. The van der Waals surface area contributed by atoms with Crippen molar-refractivity contribution in [1.82, 2.24) is 0 Å². The van der Waals surface area contributed by atoms with E-state index in [4.69, 9.17) is 0 Å². The van der Waals surface area contributed by atoms with Crippen LogP contribution < -0.4 is 0 Å². The zero-order valence-electron chi connectivity index (χ0n) is 13.3. The van der Waals surface area contributed by atoms with Gasteiger partial charge in [-0.25, -0.2) is 0 Å². The highest BCUT2D eigenvalue weighted by molar-refractivity contribution is 4.89. The Labute approximate surface area is 110 Å². The molecule has 1 fully saturated rings. The fourth-order valence-electron chi connectivity index (χ4n) is 3.79. The van der Waals surface area contributed by atoms with Gasteiger partial charge in [0.05, 0.1) is 0 Å². The Hall–Kier alpha value is 0. The molecule has 0 aromatic heterocycles. The Morgan fingerprint density at radius 3 is 1.59 bits per heavy atom. The average molecular weight is 238 g/mol. The van der Waals surface area contributed by atoms with E-state index in [0.29, 0.717) is 10.8 Å². The van der Waals surface area contributed by atoms with Crippen molar-refractivity contribution in [3.05, 3.63) is 0 Å². The van der Waals surface area contributed by atoms with Gasteiger partial charge in [-0.2, -0.15) is 0 Å². The summed E-state index contributed by atoms with van der Waals surface area (Å²) in [5, 5.41) is 0. The average Bonchev–Trinajstić information content (AvgIpc) is 2.26. The second-order valence-electron chi connectivity index (χ2n) is 7.93. The third kappa shape index (κ3) is 3.26. The van der Waals surface area contributed by atoms with Gasteiger partial charge >= 0.3 is 0 Å². The summed E-state index contributed by atoms with van der Waals surface area (Å²) in [4.78, 5) is 0. The first-order valence-electron chi connectivity index (χ1n) is 7.71. The van der Waals surface area contributed by atoms with E-state index >= 15 is 0 Å². The summed E-state index contributed by atoms with van der Waals surface area (Å²) in [5.41, 5.74) is 1.09. The highest BCUT2D eigenvalue weighted by Gasteiger charge is 2.39. The molecule has 0 aromatic rings. The quantitative estimate of drug-likeness (QED) is 0.573. The second kappa shape index (κ2) is 5.33. The van der Waals surface area contributed by atoms with Crippen molar-refractivity contribution < 1.29 is 0 Å². The fourth-order valence-corrected chi connectivity index (χ4v) is 3.79. The molecule has 0 nitrogen and oxygen atoms in total. The summed E-state index contributed by atoms with van der Waals surface area (Å²) < 4.78 is 0. The van der Waals surface area contributed by atoms with E-state index in [-0.39, 0.29) is 0 Å². The maximum Gasteiger partial charge on any atom is -0.0277 e. The van der Waals surface area contributed by atoms with Crippen molar-refractivity contribution in [2.45, 2.75) is 80.6 Å². The van der Waals surface area contributed by atoms with E-state index in [9.17, 15) is 0 Å². The van der Waals surface area contributed by atoms with Gasteiger partial charge in [-0.15, -0.1) is 0 Å². The molecule has 0 N–H and O–H groups in total. The normalized spacial score (nSPS) is 30.4. The molecular weight excluding hydrogens is 204 g/mol. The first-order valence-corrected chi connectivity index (χ1v) is 7.71. The summed E-state index contributed by atoms with van der Waals surface area (Å²) >= 11 is 0. The van der Waals surface area contributed by atoms with Gasteiger partial charge in [0.15, 0.2) is 0 Å². The van der Waals surface area contributed by atoms with Crippen LogP contribution in [0.2, 0.25) is 0 Å². The largest absolute Gasteiger partial charge is 0.0648 e. The van der Waals surface area contributed by atoms with Crippen molar-refractivity contribution in [3.63, 3.8) is 0 Å². The molecule has 0 radical (unpaired) electrons. The first-order chi connectivity index (χ1) is 7.71. The van der Waals surface area contributed by atoms with Crippen molar-refractivity contribution in [2.24, 2.45) is 28.6 Å². The van der Waals surface area contributed by atoms with Crippen LogP contribution >= 0.6 is 0 Å². The Morgan fingerprint density at radius 2 is 1.29 bits per heavy atom. The zero-order chi connectivity index (χ0) is 13.3. The Bertz CT molecular complexity index is 225. The van der Waals surface area contributed by atoms with Crippen LogP contribution in [0.1, 0.15) is 80.6 Å². The van der Waals surface area contributed by atoms with E-state index < -0.39 is 0 Å². The maximum atomic E-state index is 2.53. The molecule has 0 aromatic carbocycles. The molecule has 0 bridgehead atoms. The summed E-state index contributed by atoms with van der Waals surface area (Å²) in [5.74, 6) is 2.74. The van der Waals surface area contributed by atoms with Gasteiger partial charge in [0, 0.05) is 0 Å². The predicted octanol–water partition coefficient (Wildman–Crippen LogP) is 5.91. The van der Waals surface area contributed by atoms with Gasteiger partial charge < -0.3 is 0 Å². The highest BCUT2D eigenvalue weighted by atomic mass is 14.4. The van der Waals surface area contributed by atoms with Gasteiger partial charge in [-0.1, -0.05) is 54.9 Å².